The Morgan fingerprint density at radius 2 is 1.04 bits per heavy atom. The quantitative estimate of drug-likeness (QED) is 0.398. The second-order valence-electron chi connectivity index (χ2n) is 5.35. The van der Waals surface area contributed by atoms with E-state index in [4.69, 9.17) is 4.98 Å². The Morgan fingerprint density at radius 1 is 0.652 bits per heavy atom. The van der Waals surface area contributed by atoms with Crippen LogP contribution in [0, 0.1) is 20.8 Å². The predicted molar refractivity (Wildman–Crippen MR) is 98.9 cm³/mol. The summed E-state index contributed by atoms with van der Waals surface area (Å²) < 4.78 is 0. The molecule has 3 heterocycles. The molecule has 0 saturated carbocycles. The van der Waals surface area contributed by atoms with Crippen LogP contribution in [0.4, 0.5) is 0 Å². The van der Waals surface area contributed by atoms with Crippen LogP contribution in [0.15, 0.2) is 48.8 Å². The van der Waals surface area contributed by atoms with E-state index in [0.29, 0.717) is 0 Å². The summed E-state index contributed by atoms with van der Waals surface area (Å²) in [6, 6.07) is 12.2. The van der Waals surface area contributed by atoms with Crippen LogP contribution in [0.2, 0.25) is 0 Å². The molecular formula is C18H17IN3Ni. The van der Waals surface area contributed by atoms with Gasteiger partial charge in [-0.2, -0.15) is 0 Å². The van der Waals surface area contributed by atoms with Gasteiger partial charge in [0.1, 0.15) is 0 Å². The molecule has 121 valence electrons. The second kappa shape index (κ2) is 8.50. The van der Waals surface area contributed by atoms with Crippen molar-refractivity contribution in [1.82, 2.24) is 15.0 Å². The van der Waals surface area contributed by atoms with Gasteiger partial charge in [-0.3, -0.25) is 9.97 Å². The van der Waals surface area contributed by atoms with Gasteiger partial charge < -0.3 is 0 Å². The average Bonchev–Trinajstić information content (AvgIpc) is 2.56. The first-order valence-corrected chi connectivity index (χ1v) is 10.3. The molecule has 0 fully saturated rings. The van der Waals surface area contributed by atoms with E-state index in [2.05, 4.69) is 67.3 Å². The van der Waals surface area contributed by atoms with E-state index >= 15 is 0 Å². The van der Waals surface area contributed by atoms with Crippen molar-refractivity contribution in [1.29, 1.82) is 0 Å². The van der Waals surface area contributed by atoms with Crippen molar-refractivity contribution in [3.05, 3.63) is 65.5 Å². The summed E-state index contributed by atoms with van der Waals surface area (Å²) in [6.07, 6.45) is 3.64. The van der Waals surface area contributed by atoms with Crippen LogP contribution in [0.1, 0.15) is 16.7 Å². The zero-order chi connectivity index (χ0) is 16.8. The van der Waals surface area contributed by atoms with Gasteiger partial charge in [0.2, 0.25) is 0 Å². The molecule has 0 aliphatic carbocycles. The fourth-order valence-electron chi connectivity index (χ4n) is 2.28. The molecule has 3 aromatic heterocycles. The number of halogens is 1. The Hall–Kier alpha value is -1.33. The minimum absolute atomic E-state index is 0.886. The number of pyridine rings is 3. The van der Waals surface area contributed by atoms with E-state index in [0.717, 1.165) is 28.3 Å². The van der Waals surface area contributed by atoms with E-state index in [9.17, 15) is 0 Å². The van der Waals surface area contributed by atoms with Gasteiger partial charge in [-0.15, -0.1) is 0 Å². The molecule has 3 aromatic rings. The molecule has 0 bridgehead atoms. The van der Waals surface area contributed by atoms with Crippen molar-refractivity contribution in [2.75, 3.05) is 0 Å². The van der Waals surface area contributed by atoms with Crippen LogP contribution in [0.5, 0.6) is 0 Å². The Balaban J connectivity index is 0.000000924. The molecule has 0 N–H and O–H groups in total. The molecule has 0 aliphatic heterocycles. The summed E-state index contributed by atoms with van der Waals surface area (Å²) in [6.45, 7) is 6.19. The standard InChI is InChI=1S/C18H17N3.HI.Ni/c1-12-4-6-19-15(8-12)17-10-14(3)11-18(21-17)16-9-13(2)5-7-20-16;;/h4-11H,1-3H3;1H;/q;;+1/p-1. The molecular weight excluding hydrogens is 444 g/mol. The summed E-state index contributed by atoms with van der Waals surface area (Å²) in [4.78, 5) is 13.6. The van der Waals surface area contributed by atoms with Crippen molar-refractivity contribution < 1.29 is 12.3 Å². The van der Waals surface area contributed by atoms with Crippen molar-refractivity contribution in [2.24, 2.45) is 0 Å². The van der Waals surface area contributed by atoms with E-state index < -0.39 is 0 Å². The molecule has 0 radical (unpaired) electrons. The zero-order valence-electron chi connectivity index (χ0n) is 13.2. The van der Waals surface area contributed by atoms with Gasteiger partial charge in [-0.05, 0) is 73.9 Å². The van der Waals surface area contributed by atoms with Gasteiger partial charge in [0.25, 0.3) is 0 Å². The molecule has 3 nitrogen and oxygen atoms in total. The van der Waals surface area contributed by atoms with Gasteiger partial charge >= 0.3 is 32.8 Å². The third-order valence-corrected chi connectivity index (χ3v) is 3.33. The molecule has 0 amide bonds. The zero-order valence-corrected chi connectivity index (χ0v) is 16.3. The molecule has 5 heteroatoms. The van der Waals surface area contributed by atoms with Crippen LogP contribution >= 0.6 is 20.5 Å². The Kier molecular flexibility index (Phi) is 6.66. The SMILES string of the molecule is Cc1ccnc(-c2cc(C)cc(-c3cc(C)ccn3)n2)c1.[Ni][I]. The number of hydrogen-bond acceptors (Lipinski definition) is 3. The first kappa shape index (κ1) is 18.0. The maximum atomic E-state index is 4.73. The minimum atomic E-state index is 0.886. The molecule has 0 saturated heterocycles. The third-order valence-electron chi connectivity index (χ3n) is 3.33. The molecule has 3 rings (SSSR count). The maximum absolute atomic E-state index is 4.73. The Labute approximate surface area is 156 Å². The third kappa shape index (κ3) is 4.82. The van der Waals surface area contributed by atoms with E-state index in [-0.39, 0.29) is 0 Å². The molecule has 0 unspecified atom stereocenters. The van der Waals surface area contributed by atoms with Gasteiger partial charge in [0, 0.05) is 12.4 Å². The van der Waals surface area contributed by atoms with Gasteiger partial charge in [-0.1, -0.05) is 0 Å². The molecule has 0 spiro atoms. The number of nitrogens with zero attached hydrogens (tertiary/aromatic N) is 3. The van der Waals surface area contributed by atoms with Crippen LogP contribution in [0.25, 0.3) is 22.8 Å². The van der Waals surface area contributed by atoms with Crippen LogP contribution in [-0.2, 0) is 12.3 Å². The monoisotopic (exact) mass is 460 g/mol. The van der Waals surface area contributed by atoms with E-state index in [1.54, 1.807) is 20.5 Å². The number of aromatic nitrogens is 3. The molecule has 0 atom stereocenters. The normalized spacial score (nSPS) is 10.0. The fourth-order valence-corrected chi connectivity index (χ4v) is 2.28. The number of hydrogen-bond donors (Lipinski definition) is 0. The first-order chi connectivity index (χ1) is 11.1. The first-order valence-electron chi connectivity index (χ1n) is 7.08. The van der Waals surface area contributed by atoms with E-state index in [1.165, 1.54) is 11.1 Å². The predicted octanol–water partition coefficient (Wildman–Crippen LogP) is 5.01. The van der Waals surface area contributed by atoms with Gasteiger partial charge in [0.05, 0.1) is 22.8 Å². The second-order valence-corrected chi connectivity index (χ2v) is 5.35. The van der Waals surface area contributed by atoms with Crippen LogP contribution < -0.4 is 0 Å². The molecule has 23 heavy (non-hydrogen) atoms. The summed E-state index contributed by atoms with van der Waals surface area (Å²) in [5, 5.41) is 0. The summed E-state index contributed by atoms with van der Waals surface area (Å²) in [5.74, 6) is 0. The van der Waals surface area contributed by atoms with Crippen LogP contribution in [-0.4, -0.2) is 15.0 Å². The van der Waals surface area contributed by atoms with Gasteiger partial charge in [-0.25, -0.2) is 4.98 Å². The molecule has 0 aromatic carbocycles. The number of rotatable bonds is 2. The molecule has 0 aliphatic rings. The van der Waals surface area contributed by atoms with E-state index in [1.807, 2.05) is 24.5 Å². The fraction of sp³-hybridized carbons (Fsp3) is 0.167. The summed E-state index contributed by atoms with van der Waals surface area (Å²) in [7, 11) is 0. The van der Waals surface area contributed by atoms with Crippen molar-refractivity contribution >= 4 is 20.5 Å². The van der Waals surface area contributed by atoms with Crippen LogP contribution in [0.3, 0.4) is 0 Å². The van der Waals surface area contributed by atoms with Crippen molar-refractivity contribution in [2.45, 2.75) is 20.8 Å². The summed E-state index contributed by atoms with van der Waals surface area (Å²) >= 11 is 5.62. The van der Waals surface area contributed by atoms with Gasteiger partial charge in [0.15, 0.2) is 0 Å². The Bertz CT molecular complexity index is 742. The number of aryl methyl sites for hydroxylation is 3. The average molecular weight is 461 g/mol. The van der Waals surface area contributed by atoms with Crippen molar-refractivity contribution in [3.8, 4) is 22.8 Å². The summed E-state index contributed by atoms with van der Waals surface area (Å²) in [5.41, 5.74) is 7.08. The topological polar surface area (TPSA) is 38.7 Å². The Morgan fingerprint density at radius 3 is 1.43 bits per heavy atom. The van der Waals surface area contributed by atoms with Crippen molar-refractivity contribution in [3.63, 3.8) is 0 Å².